The van der Waals surface area contributed by atoms with Crippen LogP contribution in [0.4, 0.5) is 34.1 Å². The van der Waals surface area contributed by atoms with Gasteiger partial charge >= 0.3 is 0 Å². The zero-order valence-electron chi connectivity index (χ0n) is 36.9. The minimum Gasteiger partial charge on any atom is -0.505 e. The number of carbonyl (C=O) groups excluding carboxylic acids is 1. The van der Waals surface area contributed by atoms with Gasteiger partial charge in [-0.25, -0.2) is 0 Å². The van der Waals surface area contributed by atoms with Crippen molar-refractivity contribution in [2.45, 2.75) is 32.5 Å². The lowest BCUT2D eigenvalue weighted by molar-refractivity contribution is -0.117. The molecule has 390 valence electrons. The van der Waals surface area contributed by atoms with Crippen LogP contribution in [0.5, 0.6) is 23.0 Å². The smallest absolute Gasteiger partial charge is 0.297 e. The minimum absolute atomic E-state index is 0.0436. The molecule has 0 aliphatic carbocycles. The minimum atomic E-state index is -5.60. The lowest BCUT2D eigenvalue weighted by Gasteiger charge is -2.14. The quantitative estimate of drug-likeness (QED) is 0.0400. The number of aliphatic hydroxyl groups is 2. The summed E-state index contributed by atoms with van der Waals surface area (Å²) in [7, 11) is -24.3. The number of phenols is 1. The summed E-state index contributed by atoms with van der Waals surface area (Å²) in [5.74, 6) is -4.47. The van der Waals surface area contributed by atoms with Crippen LogP contribution < -0.4 is 19.2 Å². The fourth-order valence-corrected chi connectivity index (χ4v) is 9.87. The lowest BCUT2D eigenvalue weighted by Crippen LogP contribution is -2.32. The molecule has 1 atom stereocenters. The third kappa shape index (κ3) is 12.8. The molecule has 30 nitrogen and oxygen atoms in total. The van der Waals surface area contributed by atoms with Gasteiger partial charge in [-0.1, -0.05) is 0 Å². The van der Waals surface area contributed by atoms with E-state index in [0.29, 0.717) is 11.1 Å². The van der Waals surface area contributed by atoms with E-state index >= 15 is 0 Å². The zero-order chi connectivity index (χ0) is 54.0. The highest BCUT2D eigenvalue weighted by molar-refractivity contribution is 7.87. The van der Waals surface area contributed by atoms with Crippen molar-refractivity contribution in [3.05, 3.63) is 72.3 Å². The molecule has 1 aliphatic rings. The summed E-state index contributed by atoms with van der Waals surface area (Å²) in [4.78, 5) is 9.77. The Labute approximate surface area is 412 Å². The SMILES string of the molecule is COc1cc(S(=O)(=O)O)c(C)cc1N=Nc1cc(OCCO)c(N=Nc2c(S(=O)(=O)O)cc3c(S(=O)(=O)O)c(N=NC4C(=O)N(c5ccc(S(=O)(=O)O)cc5)N=C4CS(=O)(=O)O)ccc3c2O)cc1OCCO. The summed E-state index contributed by atoms with van der Waals surface area (Å²) in [6.07, 6.45) is 0. The molecule has 5 aromatic rings. The van der Waals surface area contributed by atoms with Crippen LogP contribution in [0.15, 0.2) is 122 Å². The third-order valence-electron chi connectivity index (χ3n) is 9.69. The number of methoxy groups -OCH3 is 1. The number of azo groups is 3. The summed E-state index contributed by atoms with van der Waals surface area (Å²) < 4.78 is 188. The Morgan fingerprint density at radius 3 is 1.66 bits per heavy atom. The van der Waals surface area contributed by atoms with Gasteiger partial charge < -0.3 is 29.5 Å². The number of hydrogen-bond acceptors (Lipinski definition) is 24. The molecule has 0 bridgehead atoms. The van der Waals surface area contributed by atoms with Gasteiger partial charge in [0.1, 0.15) is 79.3 Å². The number of anilines is 1. The molecular formula is C38H36N8O22S5. The van der Waals surface area contributed by atoms with Crippen molar-refractivity contribution in [1.82, 2.24) is 0 Å². The number of carbonyl (C=O) groups is 1. The number of aliphatic hydroxyl groups excluding tert-OH is 2. The van der Waals surface area contributed by atoms with Crippen molar-refractivity contribution in [1.29, 1.82) is 0 Å². The standard InChI is InChI=1S/C38H36N8O22S5/c1-19-13-25(29(66-2)17-32(19)71(57,58)59)40-41-26-15-31(68-12-10-48)27(16-30(26)67-11-9-47)42-44-35-33(72(60,61)62)14-23-22(36(35)49)7-8-24(37(23)73(63,64)65)39-43-34-28(18-69(51,52)53)45-46(38(34)50)20-3-5-21(6-4-20)70(54,55)56/h3-8,13-17,34,47-49H,9-12,18H2,1-2H3,(H,51,52,53)(H,54,55,56)(H,57,58,59)(H,60,61,62)(H,63,64,65). The molecule has 0 fully saturated rings. The summed E-state index contributed by atoms with van der Waals surface area (Å²) in [6, 6.07) is 8.04. The number of aryl methyl sites for hydroxylation is 1. The molecule has 1 amide bonds. The van der Waals surface area contributed by atoms with Crippen molar-refractivity contribution >= 4 is 107 Å². The molecule has 0 spiro atoms. The molecule has 1 aliphatic heterocycles. The van der Waals surface area contributed by atoms with E-state index in [9.17, 15) is 85.0 Å². The normalized spacial score (nSPS) is 15.0. The van der Waals surface area contributed by atoms with Crippen molar-refractivity contribution in [2.75, 3.05) is 44.3 Å². The Morgan fingerprint density at radius 2 is 1.16 bits per heavy atom. The number of rotatable bonds is 20. The molecular weight excluding hydrogens is 1080 g/mol. The number of fused-ring (bicyclic) bond motifs is 1. The first kappa shape index (κ1) is 55.3. The number of amides is 1. The van der Waals surface area contributed by atoms with Crippen LogP contribution in [0.1, 0.15) is 5.56 Å². The third-order valence-corrected chi connectivity index (χ3v) is 14.0. The number of benzene rings is 5. The van der Waals surface area contributed by atoms with Crippen LogP contribution in [0.25, 0.3) is 10.8 Å². The molecule has 6 rings (SSSR count). The van der Waals surface area contributed by atoms with Crippen LogP contribution in [0, 0.1) is 6.92 Å². The lowest BCUT2D eigenvalue weighted by atomic mass is 10.1. The van der Waals surface area contributed by atoms with Gasteiger partial charge in [-0.05, 0) is 61.0 Å². The van der Waals surface area contributed by atoms with Crippen molar-refractivity contribution in [3.8, 4) is 23.0 Å². The van der Waals surface area contributed by atoms with Gasteiger partial charge in [0, 0.05) is 29.0 Å². The molecule has 35 heteroatoms. The van der Waals surface area contributed by atoms with Crippen molar-refractivity contribution in [3.63, 3.8) is 0 Å². The second-order valence-corrected chi connectivity index (χ2v) is 21.7. The fourth-order valence-electron chi connectivity index (χ4n) is 6.61. The van der Waals surface area contributed by atoms with Crippen LogP contribution in [-0.4, -0.2) is 137 Å². The van der Waals surface area contributed by atoms with Gasteiger partial charge in [0.05, 0.1) is 36.6 Å². The van der Waals surface area contributed by atoms with Crippen LogP contribution in [-0.2, 0) is 55.4 Å². The topological polar surface area (TPSA) is 467 Å². The molecule has 1 heterocycles. The first-order chi connectivity index (χ1) is 34.0. The predicted molar refractivity (Wildman–Crippen MR) is 249 cm³/mol. The molecule has 0 aromatic heterocycles. The highest BCUT2D eigenvalue weighted by Gasteiger charge is 2.39. The summed E-state index contributed by atoms with van der Waals surface area (Å²) in [5.41, 5.74) is -3.48. The Hall–Kier alpha value is -7.03. The van der Waals surface area contributed by atoms with E-state index in [1.54, 1.807) is 0 Å². The van der Waals surface area contributed by atoms with E-state index in [0.717, 1.165) is 54.6 Å². The molecule has 0 saturated heterocycles. The summed E-state index contributed by atoms with van der Waals surface area (Å²) in [6.45, 7) is -0.611. The number of ether oxygens (including phenoxy) is 3. The van der Waals surface area contributed by atoms with Crippen LogP contribution in [0.2, 0.25) is 0 Å². The Kier molecular flexibility index (Phi) is 16.1. The maximum Gasteiger partial charge on any atom is 0.297 e. The Bertz CT molecular complexity index is 3760. The maximum absolute atomic E-state index is 13.5. The van der Waals surface area contributed by atoms with E-state index in [1.807, 2.05) is 0 Å². The molecule has 0 radical (unpaired) electrons. The van der Waals surface area contributed by atoms with Gasteiger partial charge in [-0.3, -0.25) is 27.6 Å². The molecule has 8 N–H and O–H groups in total. The van der Waals surface area contributed by atoms with Gasteiger partial charge in [-0.2, -0.15) is 62.4 Å². The van der Waals surface area contributed by atoms with Crippen molar-refractivity contribution in [2.24, 2.45) is 35.8 Å². The largest absolute Gasteiger partial charge is 0.505 e. The summed E-state index contributed by atoms with van der Waals surface area (Å²) >= 11 is 0. The first-order valence-corrected chi connectivity index (χ1v) is 27.1. The monoisotopic (exact) mass is 1120 g/mol. The number of hydrogen-bond donors (Lipinski definition) is 8. The number of hydrazone groups is 1. The average molecular weight is 1120 g/mol. The van der Waals surface area contributed by atoms with Gasteiger partial charge in [-0.15, -0.1) is 20.5 Å². The molecule has 0 saturated carbocycles. The predicted octanol–water partition coefficient (Wildman–Crippen LogP) is 4.17. The zero-order valence-corrected chi connectivity index (χ0v) is 41.0. The number of aromatic hydroxyl groups is 1. The van der Waals surface area contributed by atoms with E-state index in [2.05, 4.69) is 35.8 Å². The number of nitrogens with zero attached hydrogens (tertiary/aromatic N) is 8. The van der Waals surface area contributed by atoms with Gasteiger partial charge in [0.25, 0.3) is 56.5 Å². The number of phenolic OH excluding ortho intramolecular Hbond substituents is 1. The Morgan fingerprint density at radius 1 is 0.616 bits per heavy atom. The van der Waals surface area contributed by atoms with Crippen molar-refractivity contribution < 1.29 is 99.2 Å². The van der Waals surface area contributed by atoms with Crippen LogP contribution >= 0.6 is 0 Å². The highest BCUT2D eigenvalue weighted by Crippen LogP contribution is 2.47. The molecule has 1 unspecified atom stereocenters. The van der Waals surface area contributed by atoms with E-state index in [4.69, 9.17) is 14.2 Å². The summed E-state index contributed by atoms with van der Waals surface area (Å²) in [5, 5.41) is 56.7. The van der Waals surface area contributed by atoms with E-state index < -0.39 is 141 Å². The maximum atomic E-state index is 13.5. The van der Waals surface area contributed by atoms with Gasteiger partial charge in [0.2, 0.25) is 0 Å². The van der Waals surface area contributed by atoms with E-state index in [1.165, 1.54) is 20.1 Å². The molecule has 5 aromatic carbocycles. The first-order valence-electron chi connectivity index (χ1n) is 19.7. The second kappa shape index (κ2) is 21.2. The average Bonchev–Trinajstić information content (AvgIpc) is 3.59. The highest BCUT2D eigenvalue weighted by atomic mass is 32.2. The molecule has 73 heavy (non-hydrogen) atoms. The van der Waals surface area contributed by atoms with Crippen LogP contribution in [0.3, 0.4) is 0 Å². The Balaban J connectivity index is 1.46. The fraction of sp³-hybridized carbons (Fsp3) is 0.211. The van der Waals surface area contributed by atoms with E-state index in [-0.39, 0.29) is 52.2 Å². The second-order valence-electron chi connectivity index (χ2n) is 14.7. The van der Waals surface area contributed by atoms with Gasteiger partial charge in [0.15, 0.2) is 11.8 Å².